The first-order chi connectivity index (χ1) is 17.5. The Hall–Kier alpha value is -2.61. The minimum atomic E-state index is -1.60. The number of Topliss-reactive ketones (excluding diaryl/α,β-unsaturated/α-hetero) is 1. The number of allylic oxidation sites excluding steroid dienone is 4. The summed E-state index contributed by atoms with van der Waals surface area (Å²) in [6.07, 6.45) is 9.04. The lowest BCUT2D eigenvalue weighted by molar-refractivity contribution is -0.178. The van der Waals surface area contributed by atoms with Crippen LogP contribution in [-0.4, -0.2) is 50.1 Å². The molecule has 4 aliphatic carbocycles. The summed E-state index contributed by atoms with van der Waals surface area (Å²) >= 11 is 6.01. The van der Waals surface area contributed by atoms with Crippen molar-refractivity contribution in [3.05, 3.63) is 53.2 Å². The molecule has 7 atom stereocenters. The Morgan fingerprint density at radius 1 is 1.24 bits per heavy atom. The van der Waals surface area contributed by atoms with Crippen molar-refractivity contribution in [2.24, 2.45) is 28.6 Å². The van der Waals surface area contributed by atoms with Crippen LogP contribution in [0, 0.1) is 28.6 Å². The van der Waals surface area contributed by atoms with Gasteiger partial charge in [-0.05, 0) is 74.3 Å². The van der Waals surface area contributed by atoms with Crippen LogP contribution in [0.1, 0.15) is 46.0 Å². The third-order valence-electron chi connectivity index (χ3n) is 9.94. The molecule has 0 amide bonds. The molecule has 4 aliphatic rings. The van der Waals surface area contributed by atoms with E-state index in [1.807, 2.05) is 13.0 Å². The van der Waals surface area contributed by atoms with E-state index in [0.717, 1.165) is 18.4 Å². The van der Waals surface area contributed by atoms with Crippen molar-refractivity contribution in [1.29, 1.82) is 0 Å². The number of aromatic nitrogens is 2. The van der Waals surface area contributed by atoms with Crippen molar-refractivity contribution < 1.29 is 24.5 Å². The highest BCUT2D eigenvalue weighted by Crippen LogP contribution is 2.67. The maximum Gasteiger partial charge on any atom is 0.233 e. The fourth-order valence-corrected chi connectivity index (χ4v) is 8.25. The van der Waals surface area contributed by atoms with Crippen molar-refractivity contribution >= 4 is 34.2 Å². The fourth-order valence-electron chi connectivity index (χ4n) is 8.08. The monoisotopic (exact) mass is 522 g/mol. The molecular weight excluding hydrogens is 492 g/mol. The zero-order valence-corrected chi connectivity index (χ0v) is 21.7. The number of carbonyl (C=O) groups excluding carboxylic acids is 2. The van der Waals surface area contributed by atoms with Crippen LogP contribution in [-0.2, 0) is 9.59 Å². The molecule has 194 valence electrons. The number of fused-ring (bicyclic) bond motifs is 6. The predicted molar refractivity (Wildman–Crippen MR) is 138 cm³/mol. The van der Waals surface area contributed by atoms with E-state index in [0.29, 0.717) is 35.3 Å². The van der Waals surface area contributed by atoms with E-state index in [9.17, 15) is 19.8 Å². The molecule has 3 fully saturated rings. The van der Waals surface area contributed by atoms with Crippen LogP contribution in [0.3, 0.4) is 0 Å². The van der Waals surface area contributed by atoms with Crippen LogP contribution in [0.25, 0.3) is 11.0 Å². The summed E-state index contributed by atoms with van der Waals surface area (Å²) in [5.41, 5.74) is -0.453. The zero-order chi connectivity index (χ0) is 26.2. The molecular formula is C29H31ClN2O5. The second kappa shape index (κ2) is 8.45. The molecule has 37 heavy (non-hydrogen) atoms. The lowest BCUT2D eigenvalue weighted by Gasteiger charge is -2.59. The summed E-state index contributed by atoms with van der Waals surface area (Å²) in [5.74, 6) is -0.00812. The average molecular weight is 523 g/mol. The van der Waals surface area contributed by atoms with Crippen LogP contribution in [0.4, 0.5) is 0 Å². The fraction of sp³-hybridized carbons (Fsp3) is 0.517. The maximum absolute atomic E-state index is 13.5. The lowest BCUT2D eigenvalue weighted by Crippen LogP contribution is -2.61. The van der Waals surface area contributed by atoms with Gasteiger partial charge in [-0.3, -0.25) is 9.59 Å². The highest BCUT2D eigenvalue weighted by molar-refractivity contribution is 6.31. The Bertz CT molecular complexity index is 1370. The van der Waals surface area contributed by atoms with Crippen LogP contribution >= 0.6 is 11.6 Å². The summed E-state index contributed by atoms with van der Waals surface area (Å²) in [6.45, 7) is 3.74. The van der Waals surface area contributed by atoms with Crippen molar-refractivity contribution in [2.45, 2.75) is 57.7 Å². The summed E-state index contributed by atoms with van der Waals surface area (Å²) in [7, 11) is 0. The quantitative estimate of drug-likeness (QED) is 0.618. The van der Waals surface area contributed by atoms with E-state index in [4.69, 9.17) is 16.3 Å². The molecule has 0 saturated heterocycles. The average Bonchev–Trinajstić information content (AvgIpc) is 3.13. The summed E-state index contributed by atoms with van der Waals surface area (Å²) < 4.78 is 5.71. The first-order valence-electron chi connectivity index (χ1n) is 13.0. The SMILES string of the molecule is CC12C=CC(=O)C=C1CCC1C2[C@@H](O)CC2(C)C1CC[C@]2(O)C(=O)COc1cnc2cc(Cl)ccc2n1. The summed E-state index contributed by atoms with van der Waals surface area (Å²) in [5, 5.41) is 23.9. The predicted octanol–water partition coefficient (Wildman–Crippen LogP) is 4.24. The number of halogens is 1. The van der Waals surface area contributed by atoms with Crippen molar-refractivity contribution in [2.75, 3.05) is 6.61 Å². The minimum Gasteiger partial charge on any atom is -0.468 e. The van der Waals surface area contributed by atoms with Gasteiger partial charge in [0.25, 0.3) is 0 Å². The number of hydrogen-bond donors (Lipinski definition) is 2. The molecule has 2 aromatic rings. The molecule has 8 heteroatoms. The number of aliphatic hydroxyl groups is 2. The van der Waals surface area contributed by atoms with E-state index in [1.54, 1.807) is 30.4 Å². The van der Waals surface area contributed by atoms with Crippen LogP contribution < -0.4 is 4.74 Å². The van der Waals surface area contributed by atoms with Crippen molar-refractivity contribution in [1.82, 2.24) is 9.97 Å². The molecule has 5 unspecified atom stereocenters. The molecule has 1 aromatic heterocycles. The summed E-state index contributed by atoms with van der Waals surface area (Å²) in [6, 6.07) is 5.15. The van der Waals surface area contributed by atoms with Crippen LogP contribution in [0.2, 0.25) is 5.02 Å². The minimum absolute atomic E-state index is 0.00167. The number of ketones is 2. The molecule has 3 saturated carbocycles. The number of nitrogens with zero attached hydrogens (tertiary/aromatic N) is 2. The maximum atomic E-state index is 13.5. The van der Waals surface area contributed by atoms with E-state index in [-0.39, 0.29) is 41.4 Å². The van der Waals surface area contributed by atoms with Gasteiger partial charge in [-0.15, -0.1) is 0 Å². The standard InChI is InChI=1S/C29H31ClN2O5/c1-27-9-7-18(33)11-16(27)3-5-19-20-8-10-29(36,28(20,2)13-23(34)26(19)27)24(35)15-37-25-14-31-22-12-17(30)4-6-21(22)32-25/h4,6-7,9,11-12,14,19-20,23,26,34,36H,3,5,8,10,13,15H2,1-2H3/t19?,20?,23-,26?,27?,28?,29-/m0/s1. The Labute approximate surface area is 220 Å². The smallest absolute Gasteiger partial charge is 0.233 e. The Kier molecular flexibility index (Phi) is 5.64. The number of carbonyl (C=O) groups is 2. The number of rotatable bonds is 4. The van der Waals surface area contributed by atoms with Gasteiger partial charge in [-0.1, -0.05) is 37.1 Å². The van der Waals surface area contributed by atoms with Crippen LogP contribution in [0.15, 0.2) is 48.2 Å². The number of hydrogen-bond acceptors (Lipinski definition) is 7. The molecule has 0 radical (unpaired) electrons. The highest BCUT2D eigenvalue weighted by atomic mass is 35.5. The highest BCUT2D eigenvalue weighted by Gasteiger charge is 2.68. The largest absolute Gasteiger partial charge is 0.468 e. The molecule has 1 heterocycles. The van der Waals surface area contributed by atoms with Gasteiger partial charge in [0, 0.05) is 21.8 Å². The number of ether oxygens (including phenoxy) is 1. The first kappa shape index (κ1) is 24.7. The normalized spacial score (nSPS) is 38.5. The van der Waals surface area contributed by atoms with Crippen molar-refractivity contribution in [3.8, 4) is 5.88 Å². The molecule has 6 rings (SSSR count). The van der Waals surface area contributed by atoms with E-state index < -0.39 is 22.9 Å². The van der Waals surface area contributed by atoms with Gasteiger partial charge in [0.15, 0.2) is 12.4 Å². The van der Waals surface area contributed by atoms with Crippen LogP contribution in [0.5, 0.6) is 5.88 Å². The second-order valence-electron chi connectivity index (χ2n) is 11.7. The molecule has 0 spiro atoms. The van der Waals surface area contributed by atoms with Gasteiger partial charge in [0.1, 0.15) is 5.60 Å². The molecule has 2 N–H and O–H groups in total. The van der Waals surface area contributed by atoms with Gasteiger partial charge in [0.2, 0.25) is 11.7 Å². The van der Waals surface area contributed by atoms with E-state index in [2.05, 4.69) is 16.9 Å². The van der Waals surface area contributed by atoms with Gasteiger partial charge in [0.05, 0.1) is 23.3 Å². The molecule has 7 nitrogen and oxygen atoms in total. The lowest BCUT2D eigenvalue weighted by atomic mass is 9.46. The van der Waals surface area contributed by atoms with E-state index >= 15 is 0 Å². The van der Waals surface area contributed by atoms with Crippen molar-refractivity contribution in [3.63, 3.8) is 0 Å². The second-order valence-corrected chi connectivity index (χ2v) is 12.1. The Balaban J connectivity index is 1.23. The zero-order valence-electron chi connectivity index (χ0n) is 21.0. The van der Waals surface area contributed by atoms with E-state index in [1.165, 1.54) is 6.20 Å². The third-order valence-corrected chi connectivity index (χ3v) is 10.2. The van der Waals surface area contributed by atoms with Gasteiger partial charge < -0.3 is 14.9 Å². The van der Waals surface area contributed by atoms with Gasteiger partial charge in [-0.25, -0.2) is 9.97 Å². The summed E-state index contributed by atoms with van der Waals surface area (Å²) in [4.78, 5) is 34.2. The van der Waals surface area contributed by atoms with Gasteiger partial charge in [-0.2, -0.15) is 0 Å². The Morgan fingerprint density at radius 3 is 2.86 bits per heavy atom. The Morgan fingerprint density at radius 2 is 2.05 bits per heavy atom. The number of aliphatic hydroxyl groups excluding tert-OH is 1. The third kappa shape index (κ3) is 3.62. The van der Waals surface area contributed by atoms with Gasteiger partial charge >= 0.3 is 0 Å². The molecule has 0 bridgehead atoms. The molecule has 1 aromatic carbocycles. The topological polar surface area (TPSA) is 110 Å². The number of benzene rings is 1. The first-order valence-corrected chi connectivity index (χ1v) is 13.4. The molecule has 0 aliphatic heterocycles.